The van der Waals surface area contributed by atoms with Crippen LogP contribution in [0.25, 0.3) is 0 Å². The highest BCUT2D eigenvalue weighted by atomic mass is 15.2. The van der Waals surface area contributed by atoms with Gasteiger partial charge in [-0.3, -0.25) is 9.97 Å². The van der Waals surface area contributed by atoms with Gasteiger partial charge in [-0.1, -0.05) is 59.7 Å². The smallest absolute Gasteiger partial charge is 0.0645 e. The first-order valence-corrected chi connectivity index (χ1v) is 9.44. The van der Waals surface area contributed by atoms with Crippen LogP contribution in [-0.4, -0.2) is 9.97 Å². The number of hydrogen-bond acceptors (Lipinski definition) is 3. The summed E-state index contributed by atoms with van der Waals surface area (Å²) in [4.78, 5) is 11.6. The summed E-state index contributed by atoms with van der Waals surface area (Å²) in [5.41, 5.74) is 5.38. The summed E-state index contributed by atoms with van der Waals surface area (Å²) in [5, 5.41) is 0. The number of nitrogens with zero attached hydrogens (tertiary/aromatic N) is 3. The molecule has 2 heterocycles. The molecule has 0 aliphatic carbocycles. The molecule has 3 rings (SSSR count). The molecule has 0 N–H and O–H groups in total. The van der Waals surface area contributed by atoms with Crippen molar-refractivity contribution in [3.05, 3.63) is 78.4 Å². The Labute approximate surface area is 163 Å². The number of aromatic nitrogens is 2. The molecule has 140 valence electrons. The third kappa shape index (κ3) is 4.36. The summed E-state index contributed by atoms with van der Waals surface area (Å²) < 4.78 is 0. The van der Waals surface area contributed by atoms with Crippen LogP contribution in [-0.2, 0) is 10.8 Å². The zero-order valence-electron chi connectivity index (χ0n) is 17.2. The minimum absolute atomic E-state index is 0.0337. The van der Waals surface area contributed by atoms with Gasteiger partial charge >= 0.3 is 0 Å². The molecule has 2 aromatic heterocycles. The Balaban J connectivity index is 2.05. The van der Waals surface area contributed by atoms with Gasteiger partial charge in [0, 0.05) is 27.9 Å². The lowest BCUT2D eigenvalue weighted by molar-refractivity contribution is 0.569. The topological polar surface area (TPSA) is 29.0 Å². The zero-order chi connectivity index (χ0) is 19.7. The molecule has 0 unspecified atom stereocenters. The molecule has 0 aliphatic rings. The van der Waals surface area contributed by atoms with E-state index in [1.165, 1.54) is 0 Å². The maximum Gasteiger partial charge on any atom is 0.0645 e. The van der Waals surface area contributed by atoms with Crippen LogP contribution >= 0.6 is 0 Å². The van der Waals surface area contributed by atoms with Crippen LogP contribution in [0.5, 0.6) is 0 Å². The second-order valence-electron chi connectivity index (χ2n) is 8.97. The molecular formula is C24H29N3. The highest BCUT2D eigenvalue weighted by molar-refractivity contribution is 5.75. The summed E-state index contributed by atoms with van der Waals surface area (Å²) in [6.45, 7) is 13.1. The van der Waals surface area contributed by atoms with Crippen LogP contribution < -0.4 is 4.90 Å². The van der Waals surface area contributed by atoms with Gasteiger partial charge in [-0.2, -0.15) is 0 Å². The lowest BCUT2D eigenvalue weighted by Gasteiger charge is -2.27. The Morgan fingerprint density at radius 3 is 1.33 bits per heavy atom. The zero-order valence-corrected chi connectivity index (χ0v) is 17.2. The standard InChI is InChI=1S/C24H29N3/c1-23(2,3)21-14-12-19(16-25-21)27(18-10-8-7-9-11-18)20-13-15-22(26-17-20)24(4,5)6/h7-17H,1-6H3. The molecule has 3 nitrogen and oxygen atoms in total. The predicted molar refractivity (Wildman–Crippen MR) is 114 cm³/mol. The largest absolute Gasteiger partial charge is 0.307 e. The third-order valence-corrected chi connectivity index (χ3v) is 4.56. The molecule has 0 radical (unpaired) electrons. The van der Waals surface area contributed by atoms with Crippen LogP contribution in [0.4, 0.5) is 17.1 Å². The normalized spacial score (nSPS) is 12.1. The van der Waals surface area contributed by atoms with E-state index in [4.69, 9.17) is 9.97 Å². The summed E-state index contributed by atoms with van der Waals surface area (Å²) >= 11 is 0. The predicted octanol–water partition coefficient (Wildman–Crippen LogP) is 6.54. The molecule has 0 bridgehead atoms. The summed E-state index contributed by atoms with van der Waals surface area (Å²) in [5.74, 6) is 0. The summed E-state index contributed by atoms with van der Waals surface area (Å²) in [6, 6.07) is 18.8. The van der Waals surface area contributed by atoms with E-state index >= 15 is 0 Å². The van der Waals surface area contributed by atoms with Gasteiger partial charge in [-0.05, 0) is 36.4 Å². The van der Waals surface area contributed by atoms with Crippen LogP contribution in [0.2, 0.25) is 0 Å². The number of benzene rings is 1. The first-order valence-electron chi connectivity index (χ1n) is 9.44. The maximum absolute atomic E-state index is 4.72. The van der Waals surface area contributed by atoms with Crippen molar-refractivity contribution < 1.29 is 0 Å². The Kier molecular flexibility index (Phi) is 5.05. The van der Waals surface area contributed by atoms with Gasteiger partial charge < -0.3 is 4.90 Å². The van der Waals surface area contributed by atoms with Crippen molar-refractivity contribution in [3.63, 3.8) is 0 Å². The van der Waals surface area contributed by atoms with Crippen molar-refractivity contribution in [2.45, 2.75) is 52.4 Å². The Hall–Kier alpha value is -2.68. The number of para-hydroxylation sites is 1. The molecule has 0 saturated heterocycles. The van der Waals surface area contributed by atoms with Crippen LogP contribution in [0, 0.1) is 0 Å². The van der Waals surface area contributed by atoms with E-state index in [0.29, 0.717) is 0 Å². The summed E-state index contributed by atoms with van der Waals surface area (Å²) in [6.07, 6.45) is 3.90. The number of rotatable bonds is 3. The van der Waals surface area contributed by atoms with Crippen molar-refractivity contribution in [1.82, 2.24) is 9.97 Å². The third-order valence-electron chi connectivity index (χ3n) is 4.56. The van der Waals surface area contributed by atoms with E-state index in [9.17, 15) is 0 Å². The highest BCUT2D eigenvalue weighted by Crippen LogP contribution is 2.35. The Morgan fingerprint density at radius 1 is 0.556 bits per heavy atom. The number of anilines is 3. The first-order chi connectivity index (χ1) is 12.7. The minimum Gasteiger partial charge on any atom is -0.307 e. The van der Waals surface area contributed by atoms with Crippen molar-refractivity contribution in [3.8, 4) is 0 Å². The summed E-state index contributed by atoms with van der Waals surface area (Å²) in [7, 11) is 0. The first kappa shape index (κ1) is 19.1. The Morgan fingerprint density at radius 2 is 1.00 bits per heavy atom. The van der Waals surface area contributed by atoms with E-state index in [1.54, 1.807) is 0 Å². The molecule has 0 atom stereocenters. The molecule has 27 heavy (non-hydrogen) atoms. The molecular weight excluding hydrogens is 330 g/mol. The number of hydrogen-bond donors (Lipinski definition) is 0. The van der Waals surface area contributed by atoms with Gasteiger partial charge in [-0.15, -0.1) is 0 Å². The van der Waals surface area contributed by atoms with Crippen molar-refractivity contribution in [2.24, 2.45) is 0 Å². The van der Waals surface area contributed by atoms with Gasteiger partial charge in [0.05, 0.1) is 23.8 Å². The molecule has 3 aromatic rings. The SMILES string of the molecule is CC(C)(C)c1ccc(N(c2ccccc2)c2ccc(C(C)(C)C)nc2)cn1. The van der Waals surface area contributed by atoms with Crippen molar-refractivity contribution in [2.75, 3.05) is 4.90 Å². The second kappa shape index (κ2) is 7.15. The minimum atomic E-state index is 0.0337. The fraction of sp³-hybridized carbons (Fsp3) is 0.333. The van der Waals surface area contributed by atoms with Crippen molar-refractivity contribution in [1.29, 1.82) is 0 Å². The quantitative estimate of drug-likeness (QED) is 0.531. The van der Waals surface area contributed by atoms with Crippen molar-refractivity contribution >= 4 is 17.1 Å². The van der Waals surface area contributed by atoms with Gasteiger partial charge in [0.25, 0.3) is 0 Å². The van der Waals surface area contributed by atoms with Crippen LogP contribution in [0.3, 0.4) is 0 Å². The van der Waals surface area contributed by atoms with Crippen LogP contribution in [0.15, 0.2) is 67.0 Å². The molecule has 0 spiro atoms. The van der Waals surface area contributed by atoms with Crippen LogP contribution in [0.1, 0.15) is 52.9 Å². The van der Waals surface area contributed by atoms with E-state index in [0.717, 1.165) is 28.5 Å². The lowest BCUT2D eigenvalue weighted by Crippen LogP contribution is -2.16. The molecule has 0 fully saturated rings. The molecule has 0 aliphatic heterocycles. The molecule has 3 heteroatoms. The van der Waals surface area contributed by atoms with E-state index in [1.807, 2.05) is 18.5 Å². The maximum atomic E-state index is 4.72. The second-order valence-corrected chi connectivity index (χ2v) is 8.97. The monoisotopic (exact) mass is 359 g/mol. The number of pyridine rings is 2. The molecule has 0 amide bonds. The molecule has 1 aromatic carbocycles. The van der Waals surface area contributed by atoms with Gasteiger partial charge in [0.1, 0.15) is 0 Å². The fourth-order valence-electron chi connectivity index (χ4n) is 2.95. The highest BCUT2D eigenvalue weighted by Gasteiger charge is 2.19. The lowest BCUT2D eigenvalue weighted by atomic mass is 9.91. The van der Waals surface area contributed by atoms with E-state index in [2.05, 4.69) is 95.0 Å². The van der Waals surface area contributed by atoms with Gasteiger partial charge in [0.2, 0.25) is 0 Å². The van der Waals surface area contributed by atoms with E-state index < -0.39 is 0 Å². The van der Waals surface area contributed by atoms with Gasteiger partial charge in [-0.25, -0.2) is 0 Å². The average molecular weight is 360 g/mol. The Bertz CT molecular complexity index is 811. The molecule has 0 saturated carbocycles. The van der Waals surface area contributed by atoms with Gasteiger partial charge in [0.15, 0.2) is 0 Å². The van der Waals surface area contributed by atoms with E-state index in [-0.39, 0.29) is 10.8 Å². The fourth-order valence-corrected chi connectivity index (χ4v) is 2.95. The average Bonchev–Trinajstić information content (AvgIpc) is 2.62.